The van der Waals surface area contributed by atoms with Crippen LogP contribution in [0.15, 0.2) is 46.9 Å². The molecule has 3 rings (SSSR count). The summed E-state index contributed by atoms with van der Waals surface area (Å²) in [6.07, 6.45) is 1.99. The number of carbonyl (C=O) groups is 1. The zero-order valence-electron chi connectivity index (χ0n) is 13.9. The van der Waals surface area contributed by atoms with E-state index in [1.807, 2.05) is 30.3 Å². The van der Waals surface area contributed by atoms with Crippen molar-refractivity contribution in [3.05, 3.63) is 63.6 Å². The molecule has 126 valence electrons. The lowest BCUT2D eigenvalue weighted by Crippen LogP contribution is -2.23. The summed E-state index contributed by atoms with van der Waals surface area (Å²) in [6, 6.07) is 14.2. The number of anilines is 1. The summed E-state index contributed by atoms with van der Waals surface area (Å²) in [7, 11) is 0. The van der Waals surface area contributed by atoms with Gasteiger partial charge in [0.25, 0.3) is 0 Å². The van der Waals surface area contributed by atoms with E-state index in [4.69, 9.17) is 4.74 Å². The van der Waals surface area contributed by atoms with E-state index in [0.717, 1.165) is 42.6 Å². The number of hydrogen-bond donors (Lipinski definition) is 0. The summed E-state index contributed by atoms with van der Waals surface area (Å²) in [5.41, 5.74) is 4.50. The van der Waals surface area contributed by atoms with E-state index in [9.17, 15) is 4.79 Å². The van der Waals surface area contributed by atoms with Gasteiger partial charge in [0.1, 0.15) is 0 Å². The molecule has 0 radical (unpaired) electrons. The summed E-state index contributed by atoms with van der Waals surface area (Å²) in [5, 5.41) is 0. The monoisotopic (exact) mass is 387 g/mol. The number of ether oxygens (including phenoxy) is 1. The van der Waals surface area contributed by atoms with Gasteiger partial charge in [-0.1, -0.05) is 30.3 Å². The summed E-state index contributed by atoms with van der Waals surface area (Å²) in [4.78, 5) is 14.0. The van der Waals surface area contributed by atoms with Crippen LogP contribution in [0.25, 0.3) is 0 Å². The minimum absolute atomic E-state index is 0.117. The third-order valence-corrected chi connectivity index (χ3v) is 4.95. The predicted octanol–water partition coefficient (Wildman–Crippen LogP) is 4.62. The molecule has 4 heteroatoms. The highest BCUT2D eigenvalue weighted by molar-refractivity contribution is 9.10. The topological polar surface area (TPSA) is 29.5 Å². The zero-order valence-corrected chi connectivity index (χ0v) is 15.5. The number of rotatable bonds is 7. The number of nitrogens with zero attached hydrogens (tertiary/aromatic N) is 1. The molecule has 24 heavy (non-hydrogen) atoms. The molecule has 0 aromatic heterocycles. The Kier molecular flexibility index (Phi) is 5.69. The van der Waals surface area contributed by atoms with Crippen molar-refractivity contribution in [2.45, 2.75) is 26.4 Å². The molecule has 2 aromatic rings. The fraction of sp³-hybridized carbons (Fsp3) is 0.350. The summed E-state index contributed by atoms with van der Waals surface area (Å²) in [5.74, 6) is 0.117. The van der Waals surface area contributed by atoms with Gasteiger partial charge in [0.05, 0.1) is 12.3 Å². The van der Waals surface area contributed by atoms with Crippen LogP contribution in [-0.2, 0) is 17.8 Å². The van der Waals surface area contributed by atoms with E-state index in [1.54, 1.807) is 6.92 Å². The van der Waals surface area contributed by atoms with Crippen molar-refractivity contribution >= 4 is 27.4 Å². The standard InChI is InChI=1S/C20H22BrNO2/c1-15(23)18-12-17-8-10-22(20(17)19(21)13-18)9-5-11-24-14-16-6-3-2-4-7-16/h2-4,6-7,12-13H,5,8-11,14H2,1H3. The first-order valence-corrected chi connectivity index (χ1v) is 9.14. The normalized spacial score (nSPS) is 13.2. The van der Waals surface area contributed by atoms with Gasteiger partial charge in [-0.2, -0.15) is 0 Å². The van der Waals surface area contributed by atoms with Gasteiger partial charge in [-0.3, -0.25) is 4.79 Å². The molecule has 0 fully saturated rings. The van der Waals surface area contributed by atoms with Crippen LogP contribution in [-0.4, -0.2) is 25.5 Å². The highest BCUT2D eigenvalue weighted by atomic mass is 79.9. The van der Waals surface area contributed by atoms with Gasteiger partial charge < -0.3 is 9.64 Å². The first-order valence-electron chi connectivity index (χ1n) is 8.35. The maximum Gasteiger partial charge on any atom is 0.159 e. The number of halogens is 1. The Morgan fingerprint density at radius 3 is 2.79 bits per heavy atom. The lowest BCUT2D eigenvalue weighted by atomic mass is 10.1. The quantitative estimate of drug-likeness (QED) is 0.512. The van der Waals surface area contributed by atoms with Crippen LogP contribution >= 0.6 is 15.9 Å². The Labute approximate surface area is 151 Å². The average molecular weight is 388 g/mol. The molecule has 1 aliphatic rings. The lowest BCUT2D eigenvalue weighted by Gasteiger charge is -2.21. The molecule has 0 saturated carbocycles. The van der Waals surface area contributed by atoms with E-state index in [-0.39, 0.29) is 5.78 Å². The Bertz CT molecular complexity index is 715. The Morgan fingerprint density at radius 1 is 1.25 bits per heavy atom. The number of Topliss-reactive ketones (excluding diaryl/α,β-unsaturated/α-hetero) is 1. The van der Waals surface area contributed by atoms with Gasteiger partial charge in [0.2, 0.25) is 0 Å². The van der Waals surface area contributed by atoms with Crippen molar-refractivity contribution in [1.29, 1.82) is 0 Å². The summed E-state index contributed by atoms with van der Waals surface area (Å²) < 4.78 is 6.79. The molecular weight excluding hydrogens is 366 g/mol. The second kappa shape index (κ2) is 7.95. The van der Waals surface area contributed by atoms with Crippen molar-refractivity contribution in [3.63, 3.8) is 0 Å². The number of carbonyl (C=O) groups excluding carboxylic acids is 1. The average Bonchev–Trinajstić information content (AvgIpc) is 2.99. The van der Waals surface area contributed by atoms with E-state index >= 15 is 0 Å². The van der Waals surface area contributed by atoms with Crippen LogP contribution in [0.2, 0.25) is 0 Å². The SMILES string of the molecule is CC(=O)c1cc(Br)c2c(c1)CCN2CCCOCc1ccccc1. The van der Waals surface area contributed by atoms with Gasteiger partial charge in [0, 0.05) is 29.7 Å². The van der Waals surface area contributed by atoms with Crippen LogP contribution in [0, 0.1) is 0 Å². The summed E-state index contributed by atoms with van der Waals surface area (Å²) in [6.45, 7) is 5.02. The van der Waals surface area contributed by atoms with Gasteiger partial charge in [-0.15, -0.1) is 0 Å². The largest absolute Gasteiger partial charge is 0.377 e. The highest BCUT2D eigenvalue weighted by Crippen LogP contribution is 2.36. The zero-order chi connectivity index (χ0) is 16.9. The van der Waals surface area contributed by atoms with Crippen LogP contribution in [0.4, 0.5) is 5.69 Å². The molecular formula is C20H22BrNO2. The molecule has 0 spiro atoms. The molecule has 0 saturated heterocycles. The van der Waals surface area contributed by atoms with E-state index < -0.39 is 0 Å². The minimum atomic E-state index is 0.117. The van der Waals surface area contributed by atoms with Crippen molar-refractivity contribution < 1.29 is 9.53 Å². The second-order valence-electron chi connectivity index (χ2n) is 6.15. The first-order chi connectivity index (χ1) is 11.6. The number of benzene rings is 2. The van der Waals surface area contributed by atoms with Crippen molar-refractivity contribution in [2.75, 3.05) is 24.6 Å². The molecule has 0 atom stereocenters. The van der Waals surface area contributed by atoms with Crippen molar-refractivity contribution in [2.24, 2.45) is 0 Å². The van der Waals surface area contributed by atoms with Gasteiger partial charge in [-0.05, 0) is 59.0 Å². The smallest absolute Gasteiger partial charge is 0.159 e. The van der Waals surface area contributed by atoms with Crippen LogP contribution in [0.1, 0.15) is 34.8 Å². The molecule has 0 N–H and O–H groups in total. The van der Waals surface area contributed by atoms with Gasteiger partial charge >= 0.3 is 0 Å². The maximum absolute atomic E-state index is 11.6. The fourth-order valence-corrected chi connectivity index (χ4v) is 3.87. The Morgan fingerprint density at radius 2 is 2.04 bits per heavy atom. The van der Waals surface area contributed by atoms with Crippen molar-refractivity contribution in [3.8, 4) is 0 Å². The predicted molar refractivity (Wildman–Crippen MR) is 101 cm³/mol. The molecule has 2 aromatic carbocycles. The number of ketones is 1. The molecule has 0 unspecified atom stereocenters. The third kappa shape index (κ3) is 4.05. The van der Waals surface area contributed by atoms with Gasteiger partial charge in [0.15, 0.2) is 5.78 Å². The molecule has 0 aliphatic carbocycles. The molecule has 3 nitrogen and oxygen atoms in total. The molecule has 0 amide bonds. The molecule has 1 aliphatic heterocycles. The van der Waals surface area contributed by atoms with Crippen molar-refractivity contribution in [1.82, 2.24) is 0 Å². The lowest BCUT2D eigenvalue weighted by molar-refractivity contribution is 0.101. The highest BCUT2D eigenvalue weighted by Gasteiger charge is 2.22. The summed E-state index contributed by atoms with van der Waals surface area (Å²) >= 11 is 3.63. The third-order valence-electron chi connectivity index (χ3n) is 4.34. The van der Waals surface area contributed by atoms with Crippen LogP contribution < -0.4 is 4.90 Å². The van der Waals surface area contributed by atoms with Crippen LogP contribution in [0.3, 0.4) is 0 Å². The molecule has 1 heterocycles. The fourth-order valence-electron chi connectivity index (χ4n) is 3.12. The van der Waals surface area contributed by atoms with Gasteiger partial charge in [-0.25, -0.2) is 0 Å². The maximum atomic E-state index is 11.6. The van der Waals surface area contributed by atoms with Crippen LogP contribution in [0.5, 0.6) is 0 Å². The Hall–Kier alpha value is -1.65. The number of hydrogen-bond acceptors (Lipinski definition) is 3. The van der Waals surface area contributed by atoms with E-state index in [1.165, 1.54) is 16.8 Å². The minimum Gasteiger partial charge on any atom is -0.377 e. The Balaban J connectivity index is 1.51. The van der Waals surface area contributed by atoms with E-state index in [0.29, 0.717) is 6.61 Å². The van der Waals surface area contributed by atoms with E-state index in [2.05, 4.69) is 33.0 Å². The molecule has 0 bridgehead atoms. The first kappa shape index (κ1) is 17.2. The number of fused-ring (bicyclic) bond motifs is 1. The second-order valence-corrected chi connectivity index (χ2v) is 7.01.